The van der Waals surface area contributed by atoms with E-state index in [1.165, 1.54) is 12.1 Å². The smallest absolute Gasteiger partial charge is 0.226 e. The summed E-state index contributed by atoms with van der Waals surface area (Å²) >= 11 is 0. The summed E-state index contributed by atoms with van der Waals surface area (Å²) in [5.41, 5.74) is 3.66. The molecular weight excluding hydrogens is 415 g/mol. The van der Waals surface area contributed by atoms with Gasteiger partial charge in [0.25, 0.3) is 0 Å². The van der Waals surface area contributed by atoms with Crippen molar-refractivity contribution in [3.8, 4) is 5.75 Å². The van der Waals surface area contributed by atoms with E-state index in [4.69, 9.17) is 4.74 Å². The first-order valence-electron chi connectivity index (χ1n) is 11.0. The summed E-state index contributed by atoms with van der Waals surface area (Å²) in [4.78, 5) is 11.9. The molecule has 0 heterocycles. The van der Waals surface area contributed by atoms with Crippen LogP contribution in [0.1, 0.15) is 25.0 Å². The summed E-state index contributed by atoms with van der Waals surface area (Å²) in [6, 6.07) is 26.2. The first-order valence-corrected chi connectivity index (χ1v) is 11.0. The van der Waals surface area contributed by atoms with E-state index >= 15 is 0 Å². The van der Waals surface area contributed by atoms with Gasteiger partial charge in [-0.3, -0.25) is 4.79 Å². The Balaban J connectivity index is 1.51. The van der Waals surface area contributed by atoms with Crippen LogP contribution >= 0.6 is 0 Å². The Bertz CT molecular complexity index is 1240. The molecule has 0 aliphatic rings. The lowest BCUT2D eigenvalue weighted by Crippen LogP contribution is -2.17. The summed E-state index contributed by atoms with van der Waals surface area (Å²) in [5, 5.41) is 8.61. The fraction of sp³-hybridized carbons (Fsp3) is 0.179. The average Bonchev–Trinajstić information content (AvgIpc) is 2.83. The molecule has 4 aromatic rings. The van der Waals surface area contributed by atoms with Crippen molar-refractivity contribution in [1.29, 1.82) is 0 Å². The molecule has 0 saturated heterocycles. The maximum absolute atomic E-state index is 13.2. The van der Waals surface area contributed by atoms with Crippen molar-refractivity contribution in [2.45, 2.75) is 27.0 Å². The van der Waals surface area contributed by atoms with Crippen molar-refractivity contribution in [3.63, 3.8) is 0 Å². The lowest BCUT2D eigenvalue weighted by atomic mass is 10.0. The molecule has 0 fully saturated rings. The number of anilines is 2. The number of halogens is 1. The molecule has 33 heavy (non-hydrogen) atoms. The molecule has 4 rings (SSSR count). The minimum absolute atomic E-state index is 0.00518. The van der Waals surface area contributed by atoms with E-state index in [2.05, 4.69) is 22.8 Å². The molecule has 2 N–H and O–H groups in total. The third kappa shape index (κ3) is 5.69. The average molecular weight is 443 g/mol. The third-order valence-electron chi connectivity index (χ3n) is 5.45. The highest BCUT2D eigenvalue weighted by Gasteiger charge is 2.10. The maximum Gasteiger partial charge on any atom is 0.226 e. The minimum atomic E-state index is -0.260. The number of benzene rings is 4. The van der Waals surface area contributed by atoms with Crippen LogP contribution in [0.25, 0.3) is 10.8 Å². The van der Waals surface area contributed by atoms with E-state index in [1.54, 1.807) is 12.1 Å². The zero-order chi connectivity index (χ0) is 23.2. The predicted molar refractivity (Wildman–Crippen MR) is 132 cm³/mol. The molecule has 0 aromatic heterocycles. The minimum Gasteiger partial charge on any atom is -0.489 e. The number of ether oxygens (including phenoxy) is 1. The normalized spacial score (nSPS) is 10.9. The van der Waals surface area contributed by atoms with Crippen LogP contribution < -0.4 is 15.4 Å². The highest BCUT2D eigenvalue weighted by molar-refractivity contribution is 5.92. The van der Waals surface area contributed by atoms with Crippen molar-refractivity contribution in [2.75, 3.05) is 10.6 Å². The van der Waals surface area contributed by atoms with Crippen LogP contribution in [0.3, 0.4) is 0 Å². The molecule has 0 aliphatic carbocycles. The Morgan fingerprint density at radius 1 is 0.879 bits per heavy atom. The SMILES string of the molecule is CC(C)C(=O)Nc1ccc(NCc2c(OCc3ccc(F)cc3)ccc3ccccc23)cc1. The van der Waals surface area contributed by atoms with Gasteiger partial charge in [0.1, 0.15) is 18.2 Å². The van der Waals surface area contributed by atoms with Crippen LogP contribution in [0, 0.1) is 11.7 Å². The second kappa shape index (κ2) is 10.2. The van der Waals surface area contributed by atoms with Gasteiger partial charge in [-0.05, 0) is 58.8 Å². The van der Waals surface area contributed by atoms with E-state index in [9.17, 15) is 9.18 Å². The molecule has 0 bridgehead atoms. The van der Waals surface area contributed by atoms with E-state index in [-0.39, 0.29) is 17.6 Å². The fourth-order valence-electron chi connectivity index (χ4n) is 3.52. The van der Waals surface area contributed by atoms with Gasteiger partial charge in [0.15, 0.2) is 0 Å². The van der Waals surface area contributed by atoms with Crippen molar-refractivity contribution < 1.29 is 13.9 Å². The Morgan fingerprint density at radius 2 is 1.58 bits per heavy atom. The molecular formula is C28H27FN2O2. The number of fused-ring (bicyclic) bond motifs is 1. The number of carbonyl (C=O) groups is 1. The summed E-state index contributed by atoms with van der Waals surface area (Å²) in [5.74, 6) is 0.451. The van der Waals surface area contributed by atoms with Crippen molar-refractivity contribution in [1.82, 2.24) is 0 Å². The van der Waals surface area contributed by atoms with E-state index < -0.39 is 0 Å². The first-order chi connectivity index (χ1) is 16.0. The van der Waals surface area contributed by atoms with Gasteiger partial charge < -0.3 is 15.4 Å². The number of hydrogen-bond donors (Lipinski definition) is 2. The molecule has 4 aromatic carbocycles. The van der Waals surface area contributed by atoms with Crippen LogP contribution in [0.15, 0.2) is 84.9 Å². The molecule has 5 heteroatoms. The first kappa shape index (κ1) is 22.3. The van der Waals surface area contributed by atoms with Crippen LogP contribution in [-0.2, 0) is 17.9 Å². The number of amides is 1. The summed E-state index contributed by atoms with van der Waals surface area (Å²) in [7, 11) is 0. The largest absolute Gasteiger partial charge is 0.489 e. The summed E-state index contributed by atoms with van der Waals surface area (Å²) < 4.78 is 19.3. The topological polar surface area (TPSA) is 50.4 Å². The van der Waals surface area contributed by atoms with Gasteiger partial charge >= 0.3 is 0 Å². The van der Waals surface area contributed by atoms with Crippen LogP contribution in [-0.4, -0.2) is 5.91 Å². The second-order valence-corrected chi connectivity index (χ2v) is 8.25. The molecule has 168 valence electrons. The zero-order valence-electron chi connectivity index (χ0n) is 18.8. The van der Waals surface area contributed by atoms with E-state index in [0.29, 0.717) is 13.2 Å². The zero-order valence-corrected chi connectivity index (χ0v) is 18.8. The molecule has 4 nitrogen and oxygen atoms in total. The molecule has 0 aliphatic heterocycles. The number of carbonyl (C=O) groups excluding carboxylic acids is 1. The van der Waals surface area contributed by atoms with E-state index in [1.807, 2.05) is 62.4 Å². The Labute approximate surface area is 193 Å². The third-order valence-corrected chi connectivity index (χ3v) is 5.45. The standard InChI is InChI=1S/C28H27FN2O2/c1-19(2)28(32)31-24-14-12-23(13-15-24)30-17-26-25-6-4-3-5-21(25)9-16-27(26)33-18-20-7-10-22(29)11-8-20/h3-16,19,30H,17-18H2,1-2H3,(H,31,32). The van der Waals surface area contributed by atoms with Crippen LogP contribution in [0.4, 0.5) is 15.8 Å². The molecule has 0 radical (unpaired) electrons. The number of nitrogens with one attached hydrogen (secondary N) is 2. The van der Waals surface area contributed by atoms with Crippen molar-refractivity contribution in [2.24, 2.45) is 5.92 Å². The molecule has 0 unspecified atom stereocenters. The Kier molecular flexibility index (Phi) is 6.89. The van der Waals surface area contributed by atoms with Gasteiger partial charge in [-0.15, -0.1) is 0 Å². The van der Waals surface area contributed by atoms with Gasteiger partial charge in [0, 0.05) is 29.4 Å². The van der Waals surface area contributed by atoms with Gasteiger partial charge in [-0.25, -0.2) is 4.39 Å². The van der Waals surface area contributed by atoms with Crippen molar-refractivity contribution in [3.05, 3.63) is 102 Å². The lowest BCUT2D eigenvalue weighted by Gasteiger charge is -2.16. The molecule has 0 atom stereocenters. The van der Waals surface area contributed by atoms with Gasteiger partial charge in [-0.1, -0.05) is 56.3 Å². The highest BCUT2D eigenvalue weighted by atomic mass is 19.1. The van der Waals surface area contributed by atoms with Gasteiger partial charge in [-0.2, -0.15) is 0 Å². The maximum atomic E-state index is 13.2. The predicted octanol–water partition coefficient (Wildman–Crippen LogP) is 6.76. The van der Waals surface area contributed by atoms with Crippen LogP contribution in [0.5, 0.6) is 5.75 Å². The second-order valence-electron chi connectivity index (χ2n) is 8.25. The lowest BCUT2D eigenvalue weighted by molar-refractivity contribution is -0.118. The molecule has 0 saturated carbocycles. The van der Waals surface area contributed by atoms with Crippen LogP contribution in [0.2, 0.25) is 0 Å². The summed E-state index contributed by atoms with van der Waals surface area (Å²) in [6.07, 6.45) is 0. The van der Waals surface area contributed by atoms with E-state index in [0.717, 1.165) is 39.0 Å². The highest BCUT2D eigenvalue weighted by Crippen LogP contribution is 2.30. The fourth-order valence-corrected chi connectivity index (χ4v) is 3.52. The monoisotopic (exact) mass is 442 g/mol. The number of rotatable bonds is 8. The molecule has 0 spiro atoms. The number of hydrogen-bond acceptors (Lipinski definition) is 3. The summed E-state index contributed by atoms with van der Waals surface area (Å²) in [6.45, 7) is 4.66. The van der Waals surface area contributed by atoms with Gasteiger partial charge in [0.2, 0.25) is 5.91 Å². The quantitative estimate of drug-likeness (QED) is 0.317. The Hall–Kier alpha value is -3.86. The Morgan fingerprint density at radius 3 is 2.30 bits per heavy atom. The molecule has 1 amide bonds. The van der Waals surface area contributed by atoms with Gasteiger partial charge in [0.05, 0.1) is 0 Å². The van der Waals surface area contributed by atoms with Crippen molar-refractivity contribution >= 4 is 28.1 Å².